The van der Waals surface area contributed by atoms with E-state index < -0.39 is 0 Å². The number of fused-ring (bicyclic) bond motifs is 1. The van der Waals surface area contributed by atoms with Crippen LogP contribution in [0.5, 0.6) is 0 Å². The van der Waals surface area contributed by atoms with Gasteiger partial charge in [-0.15, -0.1) is 0 Å². The van der Waals surface area contributed by atoms with Crippen LogP contribution < -0.4 is 0 Å². The lowest BCUT2D eigenvalue weighted by atomic mass is 10.1. The van der Waals surface area contributed by atoms with E-state index >= 15 is 0 Å². The van der Waals surface area contributed by atoms with Crippen molar-refractivity contribution in [1.82, 2.24) is 0 Å². The van der Waals surface area contributed by atoms with Crippen LogP contribution >= 0.6 is 21.6 Å². The van der Waals surface area contributed by atoms with Crippen LogP contribution in [0.4, 0.5) is 0 Å². The molecule has 0 aliphatic heterocycles. The molecule has 2 aromatic carbocycles. The molecule has 14 heavy (non-hydrogen) atoms. The third kappa shape index (κ3) is 2.07. The SMILES string of the molecule is CCSSc1cccc2ccccc12. The van der Waals surface area contributed by atoms with Gasteiger partial charge in [0.2, 0.25) is 0 Å². The first-order valence-electron chi connectivity index (χ1n) is 4.69. The number of hydrogen-bond acceptors (Lipinski definition) is 2. The van der Waals surface area contributed by atoms with Crippen molar-refractivity contribution in [3.63, 3.8) is 0 Å². The molecule has 0 aliphatic carbocycles. The fourth-order valence-electron chi connectivity index (χ4n) is 1.39. The molecule has 0 amide bonds. The standard InChI is InChI=1S/C12H12S2/c1-2-13-14-12-9-5-7-10-6-3-4-8-11(10)12/h3-9H,2H2,1H3. The van der Waals surface area contributed by atoms with Crippen molar-refractivity contribution >= 4 is 32.4 Å². The van der Waals surface area contributed by atoms with Gasteiger partial charge in [-0.2, -0.15) is 0 Å². The fraction of sp³-hybridized carbons (Fsp3) is 0.167. The van der Waals surface area contributed by atoms with Crippen LogP contribution in [0.2, 0.25) is 0 Å². The first kappa shape index (κ1) is 9.94. The largest absolute Gasteiger partial charge is 0.0892 e. The predicted octanol–water partition coefficient (Wildman–Crippen LogP) is 4.60. The minimum absolute atomic E-state index is 1.15. The highest BCUT2D eigenvalue weighted by molar-refractivity contribution is 8.76. The Balaban J connectivity index is 2.43. The molecular formula is C12H12S2. The Labute approximate surface area is 92.5 Å². The van der Waals surface area contributed by atoms with E-state index in [1.165, 1.54) is 15.7 Å². The monoisotopic (exact) mass is 220 g/mol. The molecule has 0 fully saturated rings. The maximum Gasteiger partial charge on any atom is 0.0261 e. The van der Waals surface area contributed by atoms with Crippen LogP contribution in [-0.2, 0) is 0 Å². The zero-order valence-electron chi connectivity index (χ0n) is 8.07. The van der Waals surface area contributed by atoms with Crippen LogP contribution in [0, 0.1) is 0 Å². The lowest BCUT2D eigenvalue weighted by Gasteiger charge is -2.03. The summed E-state index contributed by atoms with van der Waals surface area (Å²) in [6.45, 7) is 2.18. The maximum atomic E-state index is 2.19. The average Bonchev–Trinajstić information content (AvgIpc) is 2.26. The predicted molar refractivity (Wildman–Crippen MR) is 67.9 cm³/mol. The Bertz CT molecular complexity index is 418. The maximum absolute atomic E-state index is 2.19. The van der Waals surface area contributed by atoms with Crippen molar-refractivity contribution < 1.29 is 0 Å². The highest BCUT2D eigenvalue weighted by atomic mass is 33.1. The Morgan fingerprint density at radius 2 is 1.79 bits per heavy atom. The Hall–Kier alpha value is -0.600. The number of benzene rings is 2. The van der Waals surface area contributed by atoms with Crippen molar-refractivity contribution in [2.45, 2.75) is 11.8 Å². The molecule has 0 spiro atoms. The van der Waals surface area contributed by atoms with E-state index in [-0.39, 0.29) is 0 Å². The van der Waals surface area contributed by atoms with Gasteiger partial charge in [0.15, 0.2) is 0 Å². The molecule has 0 unspecified atom stereocenters. The minimum atomic E-state index is 1.15. The molecule has 0 heterocycles. The van der Waals surface area contributed by atoms with E-state index in [2.05, 4.69) is 49.4 Å². The highest BCUT2D eigenvalue weighted by Crippen LogP contribution is 2.35. The van der Waals surface area contributed by atoms with E-state index in [9.17, 15) is 0 Å². The summed E-state index contributed by atoms with van der Waals surface area (Å²) in [7, 11) is 3.76. The van der Waals surface area contributed by atoms with Gasteiger partial charge in [-0.25, -0.2) is 0 Å². The Kier molecular flexibility index (Phi) is 3.38. The molecule has 2 heteroatoms. The highest BCUT2D eigenvalue weighted by Gasteiger charge is 1.99. The minimum Gasteiger partial charge on any atom is -0.0892 e. The van der Waals surface area contributed by atoms with Crippen LogP contribution in [-0.4, -0.2) is 5.75 Å². The molecule has 0 N–H and O–H groups in total. The first-order chi connectivity index (χ1) is 6.92. The summed E-state index contributed by atoms with van der Waals surface area (Å²) >= 11 is 0. The van der Waals surface area contributed by atoms with Crippen molar-refractivity contribution in [2.24, 2.45) is 0 Å². The molecule has 0 aliphatic rings. The fourth-order valence-corrected chi connectivity index (χ4v) is 3.22. The van der Waals surface area contributed by atoms with E-state index in [0.29, 0.717) is 0 Å². The van der Waals surface area contributed by atoms with Crippen LogP contribution in [0.15, 0.2) is 47.4 Å². The molecule has 0 nitrogen and oxygen atoms in total. The second kappa shape index (κ2) is 4.76. The summed E-state index contributed by atoms with van der Waals surface area (Å²) < 4.78 is 0. The molecule has 72 valence electrons. The molecule has 0 radical (unpaired) electrons. The van der Waals surface area contributed by atoms with Gasteiger partial charge in [0, 0.05) is 10.6 Å². The molecule has 0 saturated carbocycles. The van der Waals surface area contributed by atoms with E-state index in [1.54, 1.807) is 0 Å². The van der Waals surface area contributed by atoms with Crippen LogP contribution in [0.1, 0.15) is 6.92 Å². The van der Waals surface area contributed by atoms with Gasteiger partial charge in [-0.05, 0) is 16.8 Å². The quantitative estimate of drug-likeness (QED) is 0.693. The second-order valence-electron chi connectivity index (χ2n) is 2.97. The Morgan fingerprint density at radius 1 is 1.00 bits per heavy atom. The summed E-state index contributed by atoms with van der Waals surface area (Å²) in [5, 5.41) is 2.69. The van der Waals surface area contributed by atoms with Crippen molar-refractivity contribution in [3.05, 3.63) is 42.5 Å². The summed E-state index contributed by atoms with van der Waals surface area (Å²) in [4.78, 5) is 1.37. The molecule has 2 rings (SSSR count). The van der Waals surface area contributed by atoms with Gasteiger partial charge in [0.1, 0.15) is 0 Å². The van der Waals surface area contributed by atoms with Crippen LogP contribution in [0.25, 0.3) is 10.8 Å². The smallest absolute Gasteiger partial charge is 0.0261 e. The van der Waals surface area contributed by atoms with Gasteiger partial charge in [-0.3, -0.25) is 0 Å². The van der Waals surface area contributed by atoms with Crippen molar-refractivity contribution in [1.29, 1.82) is 0 Å². The molecule has 2 aromatic rings. The molecule has 0 saturated heterocycles. The first-order valence-corrected chi connectivity index (χ1v) is 7.01. The number of rotatable bonds is 3. The average molecular weight is 220 g/mol. The summed E-state index contributed by atoms with van der Waals surface area (Å²) in [6, 6.07) is 15.0. The lowest BCUT2D eigenvalue weighted by Crippen LogP contribution is -1.75. The summed E-state index contributed by atoms with van der Waals surface area (Å²) in [6.07, 6.45) is 0. The summed E-state index contributed by atoms with van der Waals surface area (Å²) in [5.74, 6) is 1.15. The van der Waals surface area contributed by atoms with Crippen molar-refractivity contribution in [3.8, 4) is 0 Å². The van der Waals surface area contributed by atoms with Gasteiger partial charge in [0.05, 0.1) is 0 Å². The zero-order valence-corrected chi connectivity index (χ0v) is 9.70. The Morgan fingerprint density at radius 3 is 2.64 bits per heavy atom. The van der Waals surface area contributed by atoms with Gasteiger partial charge < -0.3 is 0 Å². The zero-order chi connectivity index (χ0) is 9.80. The van der Waals surface area contributed by atoms with Crippen molar-refractivity contribution in [2.75, 3.05) is 5.75 Å². The molecular weight excluding hydrogens is 208 g/mol. The molecule has 0 aromatic heterocycles. The van der Waals surface area contributed by atoms with E-state index in [1.807, 2.05) is 21.6 Å². The van der Waals surface area contributed by atoms with E-state index in [0.717, 1.165) is 5.75 Å². The summed E-state index contributed by atoms with van der Waals surface area (Å²) in [5.41, 5.74) is 0. The normalized spacial score (nSPS) is 10.6. The van der Waals surface area contributed by atoms with Gasteiger partial charge in [-0.1, -0.05) is 64.9 Å². The number of hydrogen-bond donors (Lipinski definition) is 0. The second-order valence-corrected chi connectivity index (χ2v) is 5.59. The third-order valence-electron chi connectivity index (χ3n) is 2.02. The van der Waals surface area contributed by atoms with Gasteiger partial charge in [0.25, 0.3) is 0 Å². The van der Waals surface area contributed by atoms with E-state index in [4.69, 9.17) is 0 Å². The van der Waals surface area contributed by atoms with Crippen LogP contribution in [0.3, 0.4) is 0 Å². The topological polar surface area (TPSA) is 0 Å². The van der Waals surface area contributed by atoms with Gasteiger partial charge >= 0.3 is 0 Å². The molecule has 0 bridgehead atoms. The lowest BCUT2D eigenvalue weighted by molar-refractivity contribution is 1.54. The third-order valence-corrected chi connectivity index (χ3v) is 4.50. The molecule has 0 atom stereocenters.